The van der Waals surface area contributed by atoms with Crippen molar-refractivity contribution in [3.05, 3.63) is 16.1 Å². The van der Waals surface area contributed by atoms with Gasteiger partial charge in [-0.15, -0.1) is 11.3 Å². The monoisotopic (exact) mass is 253 g/mol. The molecule has 17 heavy (non-hydrogen) atoms. The molecule has 2 heterocycles. The van der Waals surface area contributed by atoms with E-state index < -0.39 is 0 Å². The molecule has 96 valence electrons. The van der Waals surface area contributed by atoms with Gasteiger partial charge in [-0.05, 0) is 26.2 Å². The minimum atomic E-state index is -0.220. The third kappa shape index (κ3) is 2.54. The quantitative estimate of drug-likeness (QED) is 0.900. The van der Waals surface area contributed by atoms with Gasteiger partial charge in [-0.1, -0.05) is 13.8 Å². The van der Waals surface area contributed by atoms with Gasteiger partial charge >= 0.3 is 0 Å². The van der Waals surface area contributed by atoms with Crippen LogP contribution in [-0.4, -0.2) is 29.0 Å². The van der Waals surface area contributed by atoms with Crippen LogP contribution in [0, 0.1) is 0 Å². The maximum absolute atomic E-state index is 6.53. The summed E-state index contributed by atoms with van der Waals surface area (Å²) in [6, 6.07) is 0.574. The minimum absolute atomic E-state index is 0.220. The van der Waals surface area contributed by atoms with Gasteiger partial charge in [0, 0.05) is 24.5 Å². The summed E-state index contributed by atoms with van der Waals surface area (Å²) in [6.45, 7) is 10.8. The van der Waals surface area contributed by atoms with Gasteiger partial charge in [0.15, 0.2) is 0 Å². The van der Waals surface area contributed by atoms with Gasteiger partial charge in [-0.2, -0.15) is 0 Å². The van der Waals surface area contributed by atoms with Crippen molar-refractivity contribution >= 4 is 11.3 Å². The molecule has 1 saturated heterocycles. The van der Waals surface area contributed by atoms with E-state index in [-0.39, 0.29) is 5.54 Å². The molecule has 0 spiro atoms. The molecule has 0 radical (unpaired) electrons. The molecule has 2 N–H and O–H groups in total. The molecule has 0 aliphatic carbocycles. The highest BCUT2D eigenvalue weighted by atomic mass is 32.1. The first kappa shape index (κ1) is 13.0. The van der Waals surface area contributed by atoms with Crippen molar-refractivity contribution < 1.29 is 0 Å². The van der Waals surface area contributed by atoms with Gasteiger partial charge in [0.25, 0.3) is 0 Å². The zero-order valence-electron chi connectivity index (χ0n) is 11.2. The van der Waals surface area contributed by atoms with Crippen LogP contribution in [0.5, 0.6) is 0 Å². The Hall–Kier alpha value is -0.450. The number of hydrogen-bond donors (Lipinski definition) is 1. The second kappa shape index (κ2) is 4.67. The summed E-state index contributed by atoms with van der Waals surface area (Å²) in [7, 11) is 0. The van der Waals surface area contributed by atoms with Crippen LogP contribution in [0.25, 0.3) is 0 Å². The van der Waals surface area contributed by atoms with E-state index in [1.165, 1.54) is 5.69 Å². The summed E-state index contributed by atoms with van der Waals surface area (Å²) in [4.78, 5) is 7.17. The highest BCUT2D eigenvalue weighted by Gasteiger charge is 2.39. The lowest BCUT2D eigenvalue weighted by Gasteiger charge is -2.24. The van der Waals surface area contributed by atoms with Gasteiger partial charge in [0.05, 0.1) is 11.2 Å². The highest BCUT2D eigenvalue weighted by molar-refractivity contribution is 7.09. The van der Waals surface area contributed by atoms with Crippen molar-refractivity contribution in [3.8, 4) is 0 Å². The first-order chi connectivity index (χ1) is 7.92. The van der Waals surface area contributed by atoms with Crippen molar-refractivity contribution in [1.82, 2.24) is 9.88 Å². The van der Waals surface area contributed by atoms with Gasteiger partial charge in [0.2, 0.25) is 0 Å². The second-order valence-electron chi connectivity index (χ2n) is 5.70. The fourth-order valence-corrected chi connectivity index (χ4v) is 3.38. The lowest BCUT2D eigenvalue weighted by molar-refractivity contribution is 0.257. The summed E-state index contributed by atoms with van der Waals surface area (Å²) >= 11 is 1.72. The normalized spacial score (nSPS) is 26.3. The molecule has 1 atom stereocenters. The number of nitrogens with two attached hydrogens (primary N) is 1. The molecule has 0 aromatic carbocycles. The van der Waals surface area contributed by atoms with E-state index in [1.54, 1.807) is 11.3 Å². The number of likely N-dealkylation sites (tertiary alicyclic amines) is 1. The van der Waals surface area contributed by atoms with E-state index in [1.807, 2.05) is 0 Å². The van der Waals surface area contributed by atoms with Crippen LogP contribution in [0.4, 0.5) is 0 Å². The van der Waals surface area contributed by atoms with E-state index in [0.717, 1.165) is 24.5 Å². The highest BCUT2D eigenvalue weighted by Crippen LogP contribution is 2.33. The van der Waals surface area contributed by atoms with Crippen LogP contribution in [-0.2, 0) is 5.54 Å². The Morgan fingerprint density at radius 3 is 2.59 bits per heavy atom. The molecule has 0 saturated carbocycles. The fourth-order valence-electron chi connectivity index (χ4n) is 2.26. The Morgan fingerprint density at radius 1 is 1.41 bits per heavy atom. The molecule has 1 aromatic heterocycles. The number of rotatable bonds is 3. The number of aromatic nitrogens is 1. The number of hydrogen-bond acceptors (Lipinski definition) is 4. The molecule has 0 bridgehead atoms. The van der Waals surface area contributed by atoms with Crippen LogP contribution >= 0.6 is 11.3 Å². The van der Waals surface area contributed by atoms with E-state index in [2.05, 4.69) is 38.0 Å². The Labute approximate surface area is 108 Å². The Bertz CT molecular complexity index is 386. The standard InChI is InChI=1S/C13H23N3S/c1-9(2)11-7-17-12(15-11)13(14)5-6-16(8-13)10(3)4/h7,9-10H,5-6,8,14H2,1-4H3. The SMILES string of the molecule is CC(C)c1csc(C2(N)CCN(C(C)C)C2)n1. The second-order valence-corrected chi connectivity index (χ2v) is 6.56. The summed E-state index contributed by atoms with van der Waals surface area (Å²) < 4.78 is 0. The maximum atomic E-state index is 6.53. The molecule has 4 heteroatoms. The number of nitrogens with zero attached hydrogens (tertiary/aromatic N) is 2. The van der Waals surface area contributed by atoms with Crippen LogP contribution in [0.3, 0.4) is 0 Å². The summed E-state index contributed by atoms with van der Waals surface area (Å²) in [6.07, 6.45) is 1.02. The average Bonchev–Trinajstić information content (AvgIpc) is 2.83. The zero-order valence-corrected chi connectivity index (χ0v) is 12.0. The van der Waals surface area contributed by atoms with Gasteiger partial charge in [0.1, 0.15) is 5.01 Å². The Kier molecular flexibility index (Phi) is 3.57. The first-order valence-corrected chi connectivity index (χ1v) is 7.29. The van der Waals surface area contributed by atoms with E-state index in [0.29, 0.717) is 12.0 Å². The number of thiazole rings is 1. The van der Waals surface area contributed by atoms with Crippen LogP contribution in [0.1, 0.15) is 50.7 Å². The average molecular weight is 253 g/mol. The zero-order chi connectivity index (χ0) is 12.6. The van der Waals surface area contributed by atoms with Crippen molar-refractivity contribution in [2.75, 3.05) is 13.1 Å². The predicted octanol–water partition coefficient (Wildman–Crippen LogP) is 2.53. The predicted molar refractivity (Wildman–Crippen MR) is 73.4 cm³/mol. The van der Waals surface area contributed by atoms with Crippen molar-refractivity contribution in [3.63, 3.8) is 0 Å². The van der Waals surface area contributed by atoms with Gasteiger partial charge < -0.3 is 5.73 Å². The fraction of sp³-hybridized carbons (Fsp3) is 0.769. The summed E-state index contributed by atoms with van der Waals surface area (Å²) in [5.41, 5.74) is 7.49. The van der Waals surface area contributed by atoms with E-state index >= 15 is 0 Å². The van der Waals surface area contributed by atoms with Gasteiger partial charge in [-0.25, -0.2) is 4.98 Å². The third-order valence-corrected chi connectivity index (χ3v) is 4.68. The minimum Gasteiger partial charge on any atom is -0.318 e. The van der Waals surface area contributed by atoms with Crippen molar-refractivity contribution in [2.24, 2.45) is 5.73 Å². The molecule has 3 nitrogen and oxygen atoms in total. The lowest BCUT2D eigenvalue weighted by Crippen LogP contribution is -2.41. The molecule has 1 aliphatic heterocycles. The summed E-state index contributed by atoms with van der Waals surface area (Å²) in [5.74, 6) is 0.492. The largest absolute Gasteiger partial charge is 0.318 e. The molecule has 0 amide bonds. The molecule has 1 aromatic rings. The summed E-state index contributed by atoms with van der Waals surface area (Å²) in [5, 5.41) is 3.27. The Balaban J connectivity index is 2.16. The van der Waals surface area contributed by atoms with Crippen LogP contribution < -0.4 is 5.73 Å². The lowest BCUT2D eigenvalue weighted by atomic mass is 10.0. The molecule has 1 fully saturated rings. The molecular weight excluding hydrogens is 230 g/mol. The van der Waals surface area contributed by atoms with Crippen molar-refractivity contribution in [2.45, 2.75) is 51.6 Å². The topological polar surface area (TPSA) is 42.1 Å². The van der Waals surface area contributed by atoms with Crippen LogP contribution in [0.15, 0.2) is 5.38 Å². The van der Waals surface area contributed by atoms with E-state index in [9.17, 15) is 0 Å². The van der Waals surface area contributed by atoms with Crippen molar-refractivity contribution in [1.29, 1.82) is 0 Å². The van der Waals surface area contributed by atoms with Gasteiger partial charge in [-0.3, -0.25) is 4.90 Å². The Morgan fingerprint density at radius 2 is 2.12 bits per heavy atom. The first-order valence-electron chi connectivity index (χ1n) is 6.41. The van der Waals surface area contributed by atoms with E-state index in [4.69, 9.17) is 10.7 Å². The van der Waals surface area contributed by atoms with Crippen LogP contribution in [0.2, 0.25) is 0 Å². The molecular formula is C13H23N3S. The molecule has 1 unspecified atom stereocenters. The smallest absolute Gasteiger partial charge is 0.114 e. The third-order valence-electron chi connectivity index (χ3n) is 3.60. The molecule has 1 aliphatic rings. The maximum Gasteiger partial charge on any atom is 0.114 e. The molecule has 2 rings (SSSR count).